The van der Waals surface area contributed by atoms with E-state index in [2.05, 4.69) is 4.98 Å². The second-order valence-electron chi connectivity index (χ2n) is 6.06. The van der Waals surface area contributed by atoms with Crippen LogP contribution in [-0.2, 0) is 11.3 Å². The molecule has 4 rings (SSSR count). The molecule has 1 aromatic carbocycles. The summed E-state index contributed by atoms with van der Waals surface area (Å²) < 4.78 is 42.2. The zero-order valence-corrected chi connectivity index (χ0v) is 13.2. The van der Waals surface area contributed by atoms with Crippen molar-refractivity contribution < 1.29 is 18.0 Å². The Kier molecular flexibility index (Phi) is 3.71. The highest BCUT2D eigenvalue weighted by atomic mass is 19.2. The van der Waals surface area contributed by atoms with Crippen LogP contribution in [-0.4, -0.2) is 33.4 Å². The zero-order valence-electron chi connectivity index (χ0n) is 13.2. The summed E-state index contributed by atoms with van der Waals surface area (Å²) in [4.78, 5) is 17.9. The minimum Gasteiger partial charge on any atom is -0.341 e. The molecule has 1 fully saturated rings. The van der Waals surface area contributed by atoms with E-state index < -0.39 is 17.5 Å². The van der Waals surface area contributed by atoms with E-state index in [9.17, 15) is 18.0 Å². The maximum Gasteiger partial charge on any atom is 0.242 e. The van der Waals surface area contributed by atoms with Crippen molar-refractivity contribution in [3.05, 3.63) is 54.1 Å². The van der Waals surface area contributed by atoms with Crippen LogP contribution in [0.2, 0.25) is 0 Å². The molecule has 0 aliphatic carbocycles. The fraction of sp³-hybridized carbons (Fsp3) is 0.222. The van der Waals surface area contributed by atoms with Crippen LogP contribution in [0, 0.1) is 17.5 Å². The van der Waals surface area contributed by atoms with Gasteiger partial charge in [0.15, 0.2) is 17.5 Å². The summed E-state index contributed by atoms with van der Waals surface area (Å²) in [7, 11) is 0. The molecule has 1 saturated heterocycles. The van der Waals surface area contributed by atoms with Crippen LogP contribution < -0.4 is 0 Å². The fourth-order valence-corrected chi connectivity index (χ4v) is 2.90. The third-order valence-electron chi connectivity index (χ3n) is 4.44. The highest BCUT2D eigenvalue weighted by molar-refractivity contribution is 5.84. The number of rotatable bonds is 3. The predicted octanol–water partition coefficient (Wildman–Crippen LogP) is 3.35. The Morgan fingerprint density at radius 2 is 1.84 bits per heavy atom. The smallest absolute Gasteiger partial charge is 0.242 e. The lowest BCUT2D eigenvalue weighted by Crippen LogP contribution is -2.43. The average Bonchev–Trinajstić information content (AvgIpc) is 2.84. The number of nitrogens with zero attached hydrogens (tertiary/aromatic N) is 3. The van der Waals surface area contributed by atoms with E-state index in [1.807, 2.05) is 0 Å². The standard InChI is InChI=1S/C18H14F3N3O/c19-13-3-2-11(6-14(13)20)12-7-16-18(22-8-12)15(21)9-24(16)10-17(25)23-4-1-5-23/h2-3,6-9H,1,4-5,10H2. The number of hydrogen-bond donors (Lipinski definition) is 0. The van der Waals surface area contributed by atoms with Crippen molar-refractivity contribution in [1.29, 1.82) is 0 Å². The quantitative estimate of drug-likeness (QED) is 0.730. The largest absolute Gasteiger partial charge is 0.341 e. The number of carbonyl (C=O) groups is 1. The van der Waals surface area contributed by atoms with Crippen molar-refractivity contribution in [1.82, 2.24) is 14.5 Å². The summed E-state index contributed by atoms with van der Waals surface area (Å²) >= 11 is 0. The lowest BCUT2D eigenvalue weighted by atomic mass is 10.1. The first kappa shape index (κ1) is 15.7. The topological polar surface area (TPSA) is 38.1 Å². The molecule has 4 nitrogen and oxygen atoms in total. The molecule has 0 atom stereocenters. The maximum absolute atomic E-state index is 14.1. The Bertz CT molecular complexity index is 979. The molecule has 25 heavy (non-hydrogen) atoms. The van der Waals surface area contributed by atoms with Gasteiger partial charge in [0.1, 0.15) is 12.1 Å². The van der Waals surface area contributed by atoms with Crippen molar-refractivity contribution in [2.75, 3.05) is 13.1 Å². The SMILES string of the molecule is O=C(Cn1cc(F)c2ncc(-c3ccc(F)c(F)c3)cc21)N1CCC1. The first-order valence-corrected chi connectivity index (χ1v) is 7.90. The van der Waals surface area contributed by atoms with Gasteiger partial charge < -0.3 is 9.47 Å². The second-order valence-corrected chi connectivity index (χ2v) is 6.06. The minimum atomic E-state index is -0.966. The van der Waals surface area contributed by atoms with Crippen molar-refractivity contribution in [3.8, 4) is 11.1 Å². The number of likely N-dealkylation sites (tertiary alicyclic amines) is 1. The molecule has 3 aromatic rings. The normalized spacial score (nSPS) is 14.0. The number of amides is 1. The first-order valence-electron chi connectivity index (χ1n) is 7.90. The molecule has 7 heteroatoms. The van der Waals surface area contributed by atoms with Gasteiger partial charge >= 0.3 is 0 Å². The van der Waals surface area contributed by atoms with Crippen LogP contribution in [0.4, 0.5) is 13.2 Å². The van der Waals surface area contributed by atoms with Crippen LogP contribution in [0.15, 0.2) is 36.7 Å². The van der Waals surface area contributed by atoms with Crippen LogP contribution in [0.5, 0.6) is 0 Å². The molecule has 2 aromatic heterocycles. The molecule has 1 amide bonds. The third kappa shape index (κ3) is 2.75. The molecular formula is C18H14F3N3O. The van der Waals surface area contributed by atoms with E-state index in [4.69, 9.17) is 0 Å². The highest BCUT2D eigenvalue weighted by Gasteiger charge is 2.22. The number of halogens is 3. The van der Waals surface area contributed by atoms with Gasteiger partial charge in [-0.05, 0) is 30.2 Å². The van der Waals surface area contributed by atoms with Crippen molar-refractivity contribution >= 4 is 16.9 Å². The van der Waals surface area contributed by atoms with Gasteiger partial charge in [-0.1, -0.05) is 6.07 Å². The van der Waals surface area contributed by atoms with Crippen LogP contribution >= 0.6 is 0 Å². The molecular weight excluding hydrogens is 331 g/mol. The predicted molar refractivity (Wildman–Crippen MR) is 86.2 cm³/mol. The van der Waals surface area contributed by atoms with Gasteiger partial charge in [0.2, 0.25) is 5.91 Å². The fourth-order valence-electron chi connectivity index (χ4n) is 2.90. The van der Waals surface area contributed by atoms with Gasteiger partial charge in [0.25, 0.3) is 0 Å². The molecule has 1 aliphatic heterocycles. The van der Waals surface area contributed by atoms with Crippen molar-refractivity contribution in [2.45, 2.75) is 13.0 Å². The Balaban J connectivity index is 1.74. The number of fused-ring (bicyclic) bond motifs is 1. The van der Waals surface area contributed by atoms with E-state index >= 15 is 0 Å². The Hall–Kier alpha value is -2.83. The van der Waals surface area contributed by atoms with E-state index in [1.165, 1.54) is 23.0 Å². The van der Waals surface area contributed by atoms with E-state index in [-0.39, 0.29) is 18.0 Å². The molecule has 0 spiro atoms. The van der Waals surface area contributed by atoms with Gasteiger partial charge in [-0.2, -0.15) is 0 Å². The summed E-state index contributed by atoms with van der Waals surface area (Å²) in [6.07, 6.45) is 3.62. The molecule has 0 unspecified atom stereocenters. The summed E-state index contributed by atoms with van der Waals surface area (Å²) in [5.41, 5.74) is 1.52. The monoisotopic (exact) mass is 345 g/mol. The third-order valence-corrected chi connectivity index (χ3v) is 4.44. The maximum atomic E-state index is 14.1. The Morgan fingerprint density at radius 1 is 1.04 bits per heavy atom. The molecule has 0 radical (unpaired) electrons. The van der Waals surface area contributed by atoms with Gasteiger partial charge in [-0.25, -0.2) is 13.2 Å². The Morgan fingerprint density at radius 3 is 2.52 bits per heavy atom. The van der Waals surface area contributed by atoms with E-state index in [1.54, 1.807) is 11.0 Å². The van der Waals surface area contributed by atoms with Gasteiger partial charge in [-0.3, -0.25) is 9.78 Å². The van der Waals surface area contributed by atoms with Crippen molar-refractivity contribution in [3.63, 3.8) is 0 Å². The zero-order chi connectivity index (χ0) is 17.6. The molecule has 1 aliphatic rings. The van der Waals surface area contributed by atoms with Crippen LogP contribution in [0.25, 0.3) is 22.2 Å². The van der Waals surface area contributed by atoms with Crippen LogP contribution in [0.3, 0.4) is 0 Å². The lowest BCUT2D eigenvalue weighted by Gasteiger charge is -2.31. The molecule has 0 saturated carbocycles. The number of benzene rings is 1. The summed E-state index contributed by atoms with van der Waals surface area (Å²) in [5, 5.41) is 0. The number of pyridine rings is 1. The lowest BCUT2D eigenvalue weighted by molar-refractivity contribution is -0.135. The summed E-state index contributed by atoms with van der Waals surface area (Å²) in [6, 6.07) is 5.15. The number of hydrogen-bond acceptors (Lipinski definition) is 2. The van der Waals surface area contributed by atoms with E-state index in [0.717, 1.165) is 31.6 Å². The van der Waals surface area contributed by atoms with Crippen LogP contribution in [0.1, 0.15) is 6.42 Å². The van der Waals surface area contributed by atoms with Gasteiger partial charge in [0.05, 0.1) is 5.52 Å². The van der Waals surface area contributed by atoms with Gasteiger partial charge in [-0.15, -0.1) is 0 Å². The van der Waals surface area contributed by atoms with Crippen molar-refractivity contribution in [2.24, 2.45) is 0 Å². The first-order chi connectivity index (χ1) is 12.0. The molecule has 0 bridgehead atoms. The van der Waals surface area contributed by atoms with E-state index in [0.29, 0.717) is 16.6 Å². The Labute approximate surface area is 141 Å². The molecule has 0 N–H and O–H groups in total. The number of aromatic nitrogens is 2. The summed E-state index contributed by atoms with van der Waals surface area (Å²) in [5.74, 6) is -2.51. The molecule has 128 valence electrons. The highest BCUT2D eigenvalue weighted by Crippen LogP contribution is 2.26. The molecule has 3 heterocycles. The summed E-state index contributed by atoms with van der Waals surface area (Å²) in [6.45, 7) is 1.46. The number of carbonyl (C=O) groups excluding carboxylic acids is 1. The van der Waals surface area contributed by atoms with Gasteiger partial charge in [0, 0.05) is 31.0 Å². The second kappa shape index (κ2) is 5.91. The minimum absolute atomic E-state index is 0.0172. The average molecular weight is 345 g/mol.